The van der Waals surface area contributed by atoms with Crippen molar-refractivity contribution in [1.82, 2.24) is 5.32 Å². The SMILES string of the molecule is CCCOc1ccc(CNC(C(=O)O)C(C)C)cc1OC. The molecule has 0 spiro atoms. The van der Waals surface area contributed by atoms with Crippen molar-refractivity contribution in [1.29, 1.82) is 0 Å². The third-order valence-electron chi connectivity index (χ3n) is 3.15. The van der Waals surface area contributed by atoms with Gasteiger partial charge in [-0.3, -0.25) is 4.79 Å². The zero-order chi connectivity index (χ0) is 15.8. The molecule has 1 aromatic carbocycles. The van der Waals surface area contributed by atoms with Crippen molar-refractivity contribution in [3.63, 3.8) is 0 Å². The minimum atomic E-state index is -0.833. The summed E-state index contributed by atoms with van der Waals surface area (Å²) in [6, 6.07) is 5.08. The maximum absolute atomic E-state index is 11.2. The number of methoxy groups -OCH3 is 1. The first-order chi connectivity index (χ1) is 9.99. The van der Waals surface area contributed by atoms with Gasteiger partial charge < -0.3 is 19.9 Å². The average Bonchev–Trinajstić information content (AvgIpc) is 2.45. The van der Waals surface area contributed by atoms with Gasteiger partial charge in [0.2, 0.25) is 0 Å². The standard InChI is InChI=1S/C16H25NO4/c1-5-8-21-13-7-6-12(9-14(13)20-4)10-17-15(11(2)3)16(18)19/h6-7,9,11,15,17H,5,8,10H2,1-4H3,(H,18,19). The van der Waals surface area contributed by atoms with Crippen LogP contribution in [0.4, 0.5) is 0 Å². The van der Waals surface area contributed by atoms with E-state index in [1.165, 1.54) is 0 Å². The molecule has 0 saturated heterocycles. The Hall–Kier alpha value is -1.75. The third kappa shape index (κ3) is 5.27. The smallest absolute Gasteiger partial charge is 0.320 e. The lowest BCUT2D eigenvalue weighted by Gasteiger charge is -2.18. The summed E-state index contributed by atoms with van der Waals surface area (Å²) in [5, 5.41) is 12.2. The molecule has 0 aliphatic heterocycles. The lowest BCUT2D eigenvalue weighted by molar-refractivity contribution is -0.140. The van der Waals surface area contributed by atoms with Crippen LogP contribution in [0.15, 0.2) is 18.2 Å². The van der Waals surface area contributed by atoms with E-state index in [0.717, 1.165) is 12.0 Å². The Bertz CT molecular complexity index is 460. The molecule has 1 rings (SSSR count). The van der Waals surface area contributed by atoms with Gasteiger partial charge in [0.05, 0.1) is 13.7 Å². The number of aliphatic carboxylic acids is 1. The van der Waals surface area contributed by atoms with Crippen LogP contribution in [0.25, 0.3) is 0 Å². The van der Waals surface area contributed by atoms with Gasteiger partial charge in [-0.15, -0.1) is 0 Å². The van der Waals surface area contributed by atoms with Gasteiger partial charge in [-0.05, 0) is 30.0 Å². The van der Waals surface area contributed by atoms with Crippen molar-refractivity contribution < 1.29 is 19.4 Å². The Morgan fingerprint density at radius 2 is 2.05 bits per heavy atom. The molecule has 0 aliphatic rings. The summed E-state index contributed by atoms with van der Waals surface area (Å²) in [7, 11) is 1.60. The summed E-state index contributed by atoms with van der Waals surface area (Å²) in [6.45, 7) is 6.92. The lowest BCUT2D eigenvalue weighted by atomic mass is 10.0. The molecule has 1 unspecified atom stereocenters. The molecule has 21 heavy (non-hydrogen) atoms. The maximum atomic E-state index is 11.2. The van der Waals surface area contributed by atoms with Crippen molar-refractivity contribution in [3.05, 3.63) is 23.8 Å². The predicted octanol–water partition coefficient (Wildman–Crippen LogP) is 2.68. The zero-order valence-corrected chi connectivity index (χ0v) is 13.2. The van der Waals surface area contributed by atoms with Gasteiger partial charge in [-0.25, -0.2) is 0 Å². The number of benzene rings is 1. The van der Waals surface area contributed by atoms with Gasteiger partial charge in [-0.1, -0.05) is 26.8 Å². The number of ether oxygens (including phenoxy) is 2. The first-order valence-electron chi connectivity index (χ1n) is 7.25. The van der Waals surface area contributed by atoms with Gasteiger partial charge in [0.25, 0.3) is 0 Å². The van der Waals surface area contributed by atoms with Crippen molar-refractivity contribution in [2.75, 3.05) is 13.7 Å². The van der Waals surface area contributed by atoms with E-state index in [2.05, 4.69) is 5.32 Å². The molecule has 1 aromatic rings. The number of carbonyl (C=O) groups is 1. The van der Waals surface area contributed by atoms with Crippen molar-refractivity contribution >= 4 is 5.97 Å². The molecule has 0 fully saturated rings. The Kier molecular flexibility index (Phi) is 7.02. The van der Waals surface area contributed by atoms with Crippen LogP contribution in [0.2, 0.25) is 0 Å². The Morgan fingerprint density at radius 3 is 2.57 bits per heavy atom. The van der Waals surface area contributed by atoms with E-state index in [1.807, 2.05) is 39.0 Å². The number of nitrogens with one attached hydrogen (secondary N) is 1. The highest BCUT2D eigenvalue weighted by Crippen LogP contribution is 2.28. The van der Waals surface area contributed by atoms with E-state index < -0.39 is 12.0 Å². The highest BCUT2D eigenvalue weighted by atomic mass is 16.5. The molecule has 0 aromatic heterocycles. The van der Waals surface area contributed by atoms with Gasteiger partial charge in [0.15, 0.2) is 11.5 Å². The Morgan fingerprint density at radius 1 is 1.33 bits per heavy atom. The normalized spacial score (nSPS) is 12.2. The summed E-state index contributed by atoms with van der Waals surface area (Å²) in [5.74, 6) is 0.567. The lowest BCUT2D eigenvalue weighted by Crippen LogP contribution is -2.40. The molecule has 5 heteroatoms. The van der Waals surface area contributed by atoms with Crippen LogP contribution in [0.3, 0.4) is 0 Å². The predicted molar refractivity (Wildman–Crippen MR) is 81.9 cm³/mol. The fourth-order valence-corrected chi connectivity index (χ4v) is 1.99. The van der Waals surface area contributed by atoms with E-state index in [-0.39, 0.29) is 5.92 Å². The summed E-state index contributed by atoms with van der Waals surface area (Å²) >= 11 is 0. The average molecular weight is 295 g/mol. The summed E-state index contributed by atoms with van der Waals surface area (Å²) in [6.07, 6.45) is 0.932. The molecular formula is C16H25NO4. The molecule has 0 aliphatic carbocycles. The minimum absolute atomic E-state index is 0.0246. The molecular weight excluding hydrogens is 270 g/mol. The van der Waals surface area contributed by atoms with Gasteiger partial charge in [0, 0.05) is 6.54 Å². The quantitative estimate of drug-likeness (QED) is 0.733. The van der Waals surface area contributed by atoms with E-state index in [4.69, 9.17) is 14.6 Å². The highest BCUT2D eigenvalue weighted by Gasteiger charge is 2.20. The fourth-order valence-electron chi connectivity index (χ4n) is 1.99. The molecule has 118 valence electrons. The maximum Gasteiger partial charge on any atom is 0.320 e. The summed E-state index contributed by atoms with van der Waals surface area (Å²) in [5.41, 5.74) is 0.961. The first-order valence-corrected chi connectivity index (χ1v) is 7.25. The monoisotopic (exact) mass is 295 g/mol. The fraction of sp³-hybridized carbons (Fsp3) is 0.562. The molecule has 5 nitrogen and oxygen atoms in total. The van der Waals surface area contributed by atoms with E-state index in [1.54, 1.807) is 7.11 Å². The highest BCUT2D eigenvalue weighted by molar-refractivity contribution is 5.73. The van der Waals surface area contributed by atoms with Crippen molar-refractivity contribution in [3.8, 4) is 11.5 Å². The number of rotatable bonds is 9. The number of carboxylic acid groups (broad SMARTS) is 1. The molecule has 0 radical (unpaired) electrons. The van der Waals surface area contributed by atoms with Gasteiger partial charge in [0.1, 0.15) is 6.04 Å². The number of hydrogen-bond acceptors (Lipinski definition) is 4. The first kappa shape index (κ1) is 17.3. The summed E-state index contributed by atoms with van der Waals surface area (Å²) < 4.78 is 10.9. The van der Waals surface area contributed by atoms with Crippen LogP contribution in [0.5, 0.6) is 11.5 Å². The largest absolute Gasteiger partial charge is 0.493 e. The molecule has 0 amide bonds. The molecule has 2 N–H and O–H groups in total. The van der Waals surface area contributed by atoms with Crippen LogP contribution in [0.1, 0.15) is 32.8 Å². The van der Waals surface area contributed by atoms with Crippen molar-refractivity contribution in [2.24, 2.45) is 5.92 Å². The van der Waals surface area contributed by atoms with E-state index in [9.17, 15) is 4.79 Å². The van der Waals surface area contributed by atoms with Crippen LogP contribution in [0, 0.1) is 5.92 Å². The second-order valence-corrected chi connectivity index (χ2v) is 5.27. The number of carboxylic acids is 1. The van der Waals surface area contributed by atoms with Crippen LogP contribution >= 0.6 is 0 Å². The second kappa shape index (κ2) is 8.52. The van der Waals surface area contributed by atoms with Gasteiger partial charge >= 0.3 is 5.97 Å². The Balaban J connectivity index is 2.73. The van der Waals surface area contributed by atoms with E-state index in [0.29, 0.717) is 24.7 Å². The van der Waals surface area contributed by atoms with Crippen LogP contribution in [-0.2, 0) is 11.3 Å². The molecule has 0 heterocycles. The van der Waals surface area contributed by atoms with Crippen molar-refractivity contribution in [2.45, 2.75) is 39.8 Å². The Labute approximate surface area is 126 Å². The molecule has 0 bridgehead atoms. The van der Waals surface area contributed by atoms with Crippen LogP contribution in [-0.4, -0.2) is 30.8 Å². The third-order valence-corrected chi connectivity index (χ3v) is 3.15. The second-order valence-electron chi connectivity index (χ2n) is 5.27. The van der Waals surface area contributed by atoms with E-state index >= 15 is 0 Å². The molecule has 1 atom stereocenters. The minimum Gasteiger partial charge on any atom is -0.493 e. The van der Waals surface area contributed by atoms with Crippen LogP contribution < -0.4 is 14.8 Å². The number of hydrogen-bond donors (Lipinski definition) is 2. The van der Waals surface area contributed by atoms with Gasteiger partial charge in [-0.2, -0.15) is 0 Å². The molecule has 0 saturated carbocycles. The topological polar surface area (TPSA) is 67.8 Å². The zero-order valence-electron chi connectivity index (χ0n) is 13.2. The summed E-state index contributed by atoms with van der Waals surface area (Å²) in [4.78, 5) is 11.2.